The summed E-state index contributed by atoms with van der Waals surface area (Å²) in [5.41, 5.74) is -0.881. The molecule has 2 rings (SSSR count). The maximum Gasteiger partial charge on any atom is 0.418 e. The lowest BCUT2D eigenvalue weighted by Gasteiger charge is -2.12. The number of thioether (sulfide) groups is 1. The Morgan fingerprint density at radius 1 is 1.35 bits per heavy atom. The number of benzene rings is 1. The molecule has 1 aromatic heterocycles. The molecule has 2 aromatic rings. The van der Waals surface area contributed by atoms with Gasteiger partial charge < -0.3 is 15.4 Å². The van der Waals surface area contributed by atoms with Crippen molar-refractivity contribution < 1.29 is 22.7 Å². The number of aromatic nitrogens is 2. The van der Waals surface area contributed by atoms with Gasteiger partial charge in [0.1, 0.15) is 0 Å². The van der Waals surface area contributed by atoms with E-state index in [0.29, 0.717) is 17.5 Å². The minimum absolute atomic E-state index is 0.0990. The number of alkyl halides is 3. The van der Waals surface area contributed by atoms with Crippen molar-refractivity contribution >= 4 is 39.8 Å². The van der Waals surface area contributed by atoms with Gasteiger partial charge in [-0.3, -0.25) is 4.79 Å². The molecule has 0 aliphatic heterocycles. The number of amides is 1. The summed E-state index contributed by atoms with van der Waals surface area (Å²) in [7, 11) is 1.54. The zero-order chi connectivity index (χ0) is 19.2. The van der Waals surface area contributed by atoms with Gasteiger partial charge in [0.25, 0.3) is 0 Å². The van der Waals surface area contributed by atoms with Gasteiger partial charge >= 0.3 is 6.18 Å². The molecule has 26 heavy (non-hydrogen) atoms. The Morgan fingerprint density at radius 3 is 2.77 bits per heavy atom. The van der Waals surface area contributed by atoms with E-state index in [0.717, 1.165) is 17.4 Å². The van der Waals surface area contributed by atoms with E-state index in [1.54, 1.807) is 6.92 Å². The lowest BCUT2D eigenvalue weighted by molar-refractivity contribution is -0.137. The standard InChI is InChI=1S/C15H17F3N4O2S2/c1-9(12(23)19-7-8-24-2)25-14-22-21-13(26-14)20-11-6-4-3-5-10(11)15(16,17)18/h3-6,9H,7-8H2,1-2H3,(H,19,23)(H,20,21)/t9-/m0/s1. The van der Waals surface area contributed by atoms with Crippen molar-refractivity contribution in [2.75, 3.05) is 25.6 Å². The predicted molar refractivity (Wildman–Crippen MR) is 94.8 cm³/mol. The van der Waals surface area contributed by atoms with Crippen molar-refractivity contribution in [2.24, 2.45) is 0 Å². The van der Waals surface area contributed by atoms with E-state index < -0.39 is 17.0 Å². The molecule has 0 saturated carbocycles. The van der Waals surface area contributed by atoms with E-state index in [1.165, 1.54) is 37.1 Å². The van der Waals surface area contributed by atoms with Crippen molar-refractivity contribution in [1.29, 1.82) is 0 Å². The summed E-state index contributed by atoms with van der Waals surface area (Å²) < 4.78 is 44.4. The third-order valence-electron chi connectivity index (χ3n) is 3.13. The number of halogens is 3. The number of nitrogens with one attached hydrogen (secondary N) is 2. The van der Waals surface area contributed by atoms with Crippen LogP contribution >= 0.6 is 23.1 Å². The van der Waals surface area contributed by atoms with E-state index in [2.05, 4.69) is 20.8 Å². The second-order valence-electron chi connectivity index (χ2n) is 5.09. The summed E-state index contributed by atoms with van der Waals surface area (Å²) in [6.45, 7) is 2.52. The molecule has 1 aromatic carbocycles. The van der Waals surface area contributed by atoms with Crippen molar-refractivity contribution in [3.05, 3.63) is 29.8 Å². The van der Waals surface area contributed by atoms with Crippen LogP contribution in [-0.2, 0) is 15.7 Å². The first-order valence-corrected chi connectivity index (χ1v) is 9.21. The average Bonchev–Trinajstić information content (AvgIpc) is 3.01. The van der Waals surface area contributed by atoms with Crippen LogP contribution in [0.1, 0.15) is 12.5 Å². The fourth-order valence-corrected chi connectivity index (χ4v) is 3.82. The fourth-order valence-electron chi connectivity index (χ4n) is 1.89. The summed E-state index contributed by atoms with van der Waals surface area (Å²) in [4.78, 5) is 11.9. The Kier molecular flexibility index (Phi) is 7.23. The number of carbonyl (C=O) groups is 1. The molecule has 142 valence electrons. The van der Waals surface area contributed by atoms with Crippen molar-refractivity contribution in [2.45, 2.75) is 22.7 Å². The molecule has 0 fully saturated rings. The highest BCUT2D eigenvalue weighted by Gasteiger charge is 2.33. The molecule has 1 atom stereocenters. The number of rotatable bonds is 8. The number of methoxy groups -OCH3 is 1. The largest absolute Gasteiger partial charge is 0.418 e. The van der Waals surface area contributed by atoms with Gasteiger partial charge in [0.05, 0.1) is 23.1 Å². The van der Waals surface area contributed by atoms with Crippen LogP contribution in [0.5, 0.6) is 0 Å². The highest BCUT2D eigenvalue weighted by molar-refractivity contribution is 8.02. The first-order chi connectivity index (χ1) is 12.3. The molecule has 0 bridgehead atoms. The van der Waals surface area contributed by atoms with E-state index in [4.69, 9.17) is 4.74 Å². The number of anilines is 2. The van der Waals surface area contributed by atoms with Crippen molar-refractivity contribution in [3.8, 4) is 0 Å². The second-order valence-corrected chi connectivity index (χ2v) is 7.65. The summed E-state index contributed by atoms with van der Waals surface area (Å²) in [6, 6.07) is 5.13. The molecular weight excluding hydrogens is 389 g/mol. The van der Waals surface area contributed by atoms with E-state index in [9.17, 15) is 18.0 Å². The van der Waals surface area contributed by atoms with Crippen LogP contribution in [0.3, 0.4) is 0 Å². The Bertz CT molecular complexity index is 740. The number of carbonyl (C=O) groups excluding carboxylic acids is 1. The van der Waals surface area contributed by atoms with Crippen LogP contribution < -0.4 is 10.6 Å². The number of hydrogen-bond donors (Lipinski definition) is 2. The fraction of sp³-hybridized carbons (Fsp3) is 0.400. The van der Waals surface area contributed by atoms with Gasteiger partial charge in [-0.2, -0.15) is 13.2 Å². The maximum absolute atomic E-state index is 13.0. The maximum atomic E-state index is 13.0. The first kappa shape index (κ1) is 20.5. The highest BCUT2D eigenvalue weighted by Crippen LogP contribution is 2.37. The van der Waals surface area contributed by atoms with Gasteiger partial charge in [-0.1, -0.05) is 35.2 Å². The molecule has 0 aliphatic carbocycles. The van der Waals surface area contributed by atoms with Crippen LogP contribution in [-0.4, -0.2) is 41.6 Å². The molecule has 6 nitrogen and oxygen atoms in total. The van der Waals surface area contributed by atoms with Crippen LogP contribution in [0.15, 0.2) is 28.6 Å². The number of hydrogen-bond acceptors (Lipinski definition) is 7. The highest BCUT2D eigenvalue weighted by atomic mass is 32.2. The Balaban J connectivity index is 1.99. The Hall–Kier alpha value is -1.85. The van der Waals surface area contributed by atoms with Gasteiger partial charge in [-0.25, -0.2) is 0 Å². The van der Waals surface area contributed by atoms with Crippen molar-refractivity contribution in [1.82, 2.24) is 15.5 Å². The number of para-hydroxylation sites is 1. The van der Waals surface area contributed by atoms with Crippen LogP contribution in [0.2, 0.25) is 0 Å². The first-order valence-electron chi connectivity index (χ1n) is 7.51. The zero-order valence-electron chi connectivity index (χ0n) is 14.0. The minimum Gasteiger partial charge on any atom is -0.383 e. The Labute approximate surface area is 156 Å². The van der Waals surface area contributed by atoms with Gasteiger partial charge in [0.15, 0.2) is 4.34 Å². The molecule has 0 radical (unpaired) electrons. The number of nitrogens with zero attached hydrogens (tertiary/aromatic N) is 2. The van der Waals surface area contributed by atoms with E-state index >= 15 is 0 Å². The molecule has 1 heterocycles. The SMILES string of the molecule is COCCNC(=O)[C@H](C)Sc1nnc(Nc2ccccc2C(F)(F)F)s1. The summed E-state index contributed by atoms with van der Waals surface area (Å²) in [6.07, 6.45) is -4.47. The monoisotopic (exact) mass is 406 g/mol. The minimum atomic E-state index is -4.47. The lowest BCUT2D eigenvalue weighted by atomic mass is 10.2. The Morgan fingerprint density at radius 2 is 2.08 bits per heavy atom. The molecule has 0 unspecified atom stereocenters. The third kappa shape index (κ3) is 5.85. The topological polar surface area (TPSA) is 76.1 Å². The van der Waals surface area contributed by atoms with E-state index in [1.807, 2.05) is 0 Å². The smallest absolute Gasteiger partial charge is 0.383 e. The molecule has 11 heteroatoms. The molecule has 0 spiro atoms. The van der Waals surface area contributed by atoms with Gasteiger partial charge in [0.2, 0.25) is 11.0 Å². The third-order valence-corrected chi connectivity index (χ3v) is 5.16. The van der Waals surface area contributed by atoms with Crippen molar-refractivity contribution in [3.63, 3.8) is 0 Å². The van der Waals surface area contributed by atoms with Crippen LogP contribution in [0.25, 0.3) is 0 Å². The molecule has 0 aliphatic rings. The lowest BCUT2D eigenvalue weighted by Crippen LogP contribution is -2.33. The number of ether oxygens (including phenoxy) is 1. The summed E-state index contributed by atoms with van der Waals surface area (Å²) in [5.74, 6) is -0.181. The predicted octanol–water partition coefficient (Wildman–Crippen LogP) is 3.54. The molecular formula is C15H17F3N4O2S2. The molecule has 2 N–H and O–H groups in total. The van der Waals surface area contributed by atoms with Gasteiger partial charge in [-0.15, -0.1) is 10.2 Å². The zero-order valence-corrected chi connectivity index (χ0v) is 15.6. The van der Waals surface area contributed by atoms with Gasteiger partial charge in [0, 0.05) is 13.7 Å². The van der Waals surface area contributed by atoms with Crippen LogP contribution in [0.4, 0.5) is 24.0 Å². The average molecular weight is 406 g/mol. The quantitative estimate of drug-likeness (QED) is 0.516. The molecule has 1 amide bonds. The normalized spacial score (nSPS) is 12.7. The molecule has 0 saturated heterocycles. The summed E-state index contributed by atoms with van der Waals surface area (Å²) in [5, 5.41) is 12.9. The second kappa shape index (κ2) is 9.19. The summed E-state index contributed by atoms with van der Waals surface area (Å²) >= 11 is 2.26. The van der Waals surface area contributed by atoms with Gasteiger partial charge in [-0.05, 0) is 19.1 Å². The van der Waals surface area contributed by atoms with Crippen LogP contribution in [0, 0.1) is 0 Å². The van der Waals surface area contributed by atoms with E-state index in [-0.39, 0.29) is 16.7 Å².